The molecule has 1 saturated carbocycles. The second-order valence-corrected chi connectivity index (χ2v) is 5.83. The Labute approximate surface area is 118 Å². The van der Waals surface area contributed by atoms with Crippen molar-refractivity contribution in [3.05, 3.63) is 35.4 Å². The summed E-state index contributed by atoms with van der Waals surface area (Å²) in [5, 5.41) is 3.29. The smallest absolute Gasteiger partial charge is 0.313 e. The highest BCUT2D eigenvalue weighted by Gasteiger charge is 2.42. The van der Waals surface area contributed by atoms with Crippen molar-refractivity contribution in [3.8, 4) is 0 Å². The molecule has 0 aliphatic heterocycles. The molecule has 1 atom stereocenters. The Kier molecular flexibility index (Phi) is 4.74. The lowest BCUT2D eigenvalue weighted by atomic mass is 9.76. The van der Waals surface area contributed by atoms with Crippen molar-refractivity contribution in [1.82, 2.24) is 5.32 Å². The fraction of sp³-hybridized carbons (Fsp3) is 0.625. The van der Waals surface area contributed by atoms with Crippen LogP contribution in [0, 0.1) is 18.8 Å². The van der Waals surface area contributed by atoms with Gasteiger partial charge in [0.2, 0.25) is 0 Å². The van der Waals surface area contributed by atoms with Gasteiger partial charge in [-0.1, -0.05) is 29.8 Å². The quantitative estimate of drug-likeness (QED) is 0.854. The molecular formula is C16H22F3N. The first-order valence-electron chi connectivity index (χ1n) is 7.22. The molecule has 1 aromatic carbocycles. The van der Waals surface area contributed by atoms with Crippen LogP contribution in [-0.2, 0) is 0 Å². The molecular weight excluding hydrogens is 263 g/mol. The van der Waals surface area contributed by atoms with E-state index in [1.807, 2.05) is 26.1 Å². The molecule has 0 radical (unpaired) electrons. The third-order valence-corrected chi connectivity index (χ3v) is 4.42. The van der Waals surface area contributed by atoms with Crippen LogP contribution < -0.4 is 5.32 Å². The fourth-order valence-corrected chi connectivity index (χ4v) is 3.32. The third-order valence-electron chi connectivity index (χ3n) is 4.42. The number of hydrogen-bond donors (Lipinski definition) is 1. The molecule has 1 aromatic rings. The first-order chi connectivity index (χ1) is 9.41. The van der Waals surface area contributed by atoms with Gasteiger partial charge < -0.3 is 5.32 Å². The number of benzene rings is 1. The lowest BCUT2D eigenvalue weighted by Gasteiger charge is -2.34. The first-order valence-corrected chi connectivity index (χ1v) is 7.22. The maximum Gasteiger partial charge on any atom is 0.391 e. The average molecular weight is 285 g/mol. The van der Waals surface area contributed by atoms with Crippen LogP contribution >= 0.6 is 0 Å². The van der Waals surface area contributed by atoms with Gasteiger partial charge in [-0.15, -0.1) is 0 Å². The van der Waals surface area contributed by atoms with Crippen LogP contribution in [0.5, 0.6) is 0 Å². The molecule has 0 spiro atoms. The Morgan fingerprint density at radius 1 is 1.15 bits per heavy atom. The van der Waals surface area contributed by atoms with E-state index < -0.39 is 12.1 Å². The van der Waals surface area contributed by atoms with Crippen LogP contribution in [0.3, 0.4) is 0 Å². The Hall–Kier alpha value is -1.03. The standard InChI is InChI=1S/C16H22F3N/c1-11-4-3-5-13(10-11)15(20-2)12-6-8-14(9-7-12)16(17,18)19/h3-5,10,12,14-15,20H,6-9H2,1-2H3. The number of rotatable bonds is 3. The number of halogens is 3. The summed E-state index contributed by atoms with van der Waals surface area (Å²) in [6.45, 7) is 2.04. The van der Waals surface area contributed by atoms with Gasteiger partial charge in [0.05, 0.1) is 5.92 Å². The zero-order chi connectivity index (χ0) is 14.8. The summed E-state index contributed by atoms with van der Waals surface area (Å²) in [7, 11) is 1.89. The SMILES string of the molecule is CNC(c1cccc(C)c1)C1CCC(C(F)(F)F)CC1. The van der Waals surface area contributed by atoms with Gasteiger partial charge in [-0.2, -0.15) is 13.2 Å². The molecule has 1 aliphatic carbocycles. The molecule has 0 aromatic heterocycles. The molecule has 0 saturated heterocycles. The summed E-state index contributed by atoms with van der Waals surface area (Å²) in [5.41, 5.74) is 2.37. The van der Waals surface area contributed by atoms with Crippen molar-refractivity contribution >= 4 is 0 Å². The normalized spacial score (nSPS) is 25.4. The lowest BCUT2D eigenvalue weighted by molar-refractivity contribution is -0.184. The Balaban J connectivity index is 2.04. The van der Waals surface area contributed by atoms with Crippen LogP contribution in [0.2, 0.25) is 0 Å². The van der Waals surface area contributed by atoms with Gasteiger partial charge in [-0.3, -0.25) is 0 Å². The van der Waals surface area contributed by atoms with Gasteiger partial charge in [-0.25, -0.2) is 0 Å². The highest BCUT2D eigenvalue weighted by Crippen LogP contribution is 2.43. The van der Waals surface area contributed by atoms with E-state index >= 15 is 0 Å². The van der Waals surface area contributed by atoms with Crippen molar-refractivity contribution in [2.45, 2.75) is 44.8 Å². The molecule has 1 nitrogen and oxygen atoms in total. The maximum absolute atomic E-state index is 12.7. The Morgan fingerprint density at radius 2 is 1.80 bits per heavy atom. The highest BCUT2D eigenvalue weighted by molar-refractivity contribution is 5.25. The third kappa shape index (κ3) is 3.54. The van der Waals surface area contributed by atoms with Crippen LogP contribution in [0.15, 0.2) is 24.3 Å². The molecule has 1 unspecified atom stereocenters. The van der Waals surface area contributed by atoms with Crippen molar-refractivity contribution in [2.75, 3.05) is 7.05 Å². The Morgan fingerprint density at radius 3 is 2.30 bits per heavy atom. The van der Waals surface area contributed by atoms with Crippen molar-refractivity contribution in [1.29, 1.82) is 0 Å². The topological polar surface area (TPSA) is 12.0 Å². The predicted molar refractivity (Wildman–Crippen MR) is 74.5 cm³/mol. The predicted octanol–water partition coefficient (Wildman–Crippen LogP) is 4.62. The molecule has 0 bridgehead atoms. The molecule has 0 amide bonds. The molecule has 1 aliphatic rings. The molecule has 112 valence electrons. The van der Waals surface area contributed by atoms with E-state index in [1.165, 1.54) is 11.1 Å². The minimum Gasteiger partial charge on any atom is -0.313 e. The van der Waals surface area contributed by atoms with E-state index in [4.69, 9.17) is 0 Å². The first kappa shape index (κ1) is 15.4. The van der Waals surface area contributed by atoms with Gasteiger partial charge >= 0.3 is 6.18 Å². The van der Waals surface area contributed by atoms with Gasteiger partial charge in [0, 0.05) is 6.04 Å². The second kappa shape index (κ2) is 6.17. The summed E-state index contributed by atoms with van der Waals surface area (Å²) in [5.74, 6) is -0.811. The van der Waals surface area contributed by atoms with Gasteiger partial charge in [-0.05, 0) is 51.1 Å². The zero-order valence-corrected chi connectivity index (χ0v) is 12.0. The summed E-state index contributed by atoms with van der Waals surface area (Å²) < 4.78 is 38.1. The minimum atomic E-state index is -4.02. The summed E-state index contributed by atoms with van der Waals surface area (Å²) in [6.07, 6.45) is -2.22. The molecule has 4 heteroatoms. The van der Waals surface area contributed by atoms with E-state index in [2.05, 4.69) is 17.4 Å². The number of nitrogens with one attached hydrogen (secondary N) is 1. The van der Waals surface area contributed by atoms with E-state index in [0.717, 1.165) is 0 Å². The van der Waals surface area contributed by atoms with Crippen molar-refractivity contribution in [3.63, 3.8) is 0 Å². The van der Waals surface area contributed by atoms with Crippen LogP contribution in [0.1, 0.15) is 42.9 Å². The molecule has 1 fully saturated rings. The summed E-state index contributed by atoms with van der Waals surface area (Å²) >= 11 is 0. The second-order valence-electron chi connectivity index (χ2n) is 5.83. The van der Waals surface area contributed by atoms with E-state index in [1.54, 1.807) is 0 Å². The fourth-order valence-electron chi connectivity index (χ4n) is 3.32. The molecule has 1 N–H and O–H groups in total. The van der Waals surface area contributed by atoms with Crippen LogP contribution in [0.25, 0.3) is 0 Å². The summed E-state index contributed by atoms with van der Waals surface area (Å²) in [4.78, 5) is 0. The molecule has 2 rings (SSSR count). The average Bonchev–Trinajstić information content (AvgIpc) is 2.39. The van der Waals surface area contributed by atoms with Crippen molar-refractivity contribution < 1.29 is 13.2 Å². The number of aryl methyl sites for hydroxylation is 1. The molecule has 20 heavy (non-hydrogen) atoms. The van der Waals surface area contributed by atoms with E-state index in [0.29, 0.717) is 18.8 Å². The van der Waals surface area contributed by atoms with Gasteiger partial charge in [0.1, 0.15) is 0 Å². The largest absolute Gasteiger partial charge is 0.391 e. The summed E-state index contributed by atoms with van der Waals surface area (Å²) in [6, 6.07) is 8.39. The minimum absolute atomic E-state index is 0.157. The zero-order valence-electron chi connectivity index (χ0n) is 12.0. The molecule has 0 heterocycles. The Bertz CT molecular complexity index is 434. The highest BCUT2D eigenvalue weighted by atomic mass is 19.4. The van der Waals surface area contributed by atoms with Crippen LogP contribution in [0.4, 0.5) is 13.2 Å². The van der Waals surface area contributed by atoms with E-state index in [-0.39, 0.29) is 18.9 Å². The van der Waals surface area contributed by atoms with Crippen LogP contribution in [-0.4, -0.2) is 13.2 Å². The van der Waals surface area contributed by atoms with Gasteiger partial charge in [0.25, 0.3) is 0 Å². The van der Waals surface area contributed by atoms with Gasteiger partial charge in [0.15, 0.2) is 0 Å². The monoisotopic (exact) mass is 285 g/mol. The van der Waals surface area contributed by atoms with Crippen molar-refractivity contribution in [2.24, 2.45) is 11.8 Å². The van der Waals surface area contributed by atoms with E-state index in [9.17, 15) is 13.2 Å². The number of alkyl halides is 3. The lowest BCUT2D eigenvalue weighted by Crippen LogP contribution is -2.33. The number of hydrogen-bond acceptors (Lipinski definition) is 1. The maximum atomic E-state index is 12.7.